The van der Waals surface area contributed by atoms with Crippen molar-refractivity contribution < 1.29 is 9.18 Å². The van der Waals surface area contributed by atoms with Gasteiger partial charge in [0.15, 0.2) is 0 Å². The van der Waals surface area contributed by atoms with Crippen molar-refractivity contribution in [1.82, 2.24) is 4.90 Å². The fourth-order valence-corrected chi connectivity index (χ4v) is 2.86. The van der Waals surface area contributed by atoms with E-state index in [0.29, 0.717) is 12.1 Å². The number of likely N-dealkylation sites (tertiary alicyclic amines) is 1. The third-order valence-corrected chi connectivity index (χ3v) is 4.00. The molecule has 1 amide bonds. The van der Waals surface area contributed by atoms with Gasteiger partial charge in [0, 0.05) is 25.2 Å². The summed E-state index contributed by atoms with van der Waals surface area (Å²) in [5.74, 6) is 0.266. The second kappa shape index (κ2) is 7.41. The van der Waals surface area contributed by atoms with Crippen molar-refractivity contribution in [2.24, 2.45) is 5.92 Å². The van der Waals surface area contributed by atoms with E-state index in [4.69, 9.17) is 5.73 Å². The van der Waals surface area contributed by atoms with Gasteiger partial charge in [-0.25, -0.2) is 4.39 Å². The van der Waals surface area contributed by atoms with Crippen LogP contribution in [0.15, 0.2) is 18.2 Å². The first-order valence-corrected chi connectivity index (χ1v) is 7.65. The molecule has 116 valence electrons. The van der Waals surface area contributed by atoms with Gasteiger partial charge in [-0.05, 0) is 43.5 Å². The van der Waals surface area contributed by atoms with Gasteiger partial charge < -0.3 is 16.0 Å². The predicted molar refractivity (Wildman–Crippen MR) is 83.5 cm³/mol. The minimum absolute atomic E-state index is 0.0507. The summed E-state index contributed by atoms with van der Waals surface area (Å²) < 4.78 is 13.0. The minimum Gasteiger partial charge on any atom is -0.396 e. The third kappa shape index (κ3) is 4.70. The molecular formula is C16H24FN3O. The zero-order valence-corrected chi connectivity index (χ0v) is 12.6. The maximum absolute atomic E-state index is 13.0. The van der Waals surface area contributed by atoms with E-state index in [9.17, 15) is 9.18 Å². The van der Waals surface area contributed by atoms with Crippen molar-refractivity contribution in [3.63, 3.8) is 0 Å². The van der Waals surface area contributed by atoms with Gasteiger partial charge in [0.1, 0.15) is 5.82 Å². The van der Waals surface area contributed by atoms with Gasteiger partial charge in [-0.2, -0.15) is 0 Å². The molecule has 1 aromatic carbocycles. The summed E-state index contributed by atoms with van der Waals surface area (Å²) in [4.78, 5) is 14.2. The van der Waals surface area contributed by atoms with Crippen molar-refractivity contribution in [3.8, 4) is 0 Å². The summed E-state index contributed by atoms with van der Waals surface area (Å²) in [7, 11) is 0. The van der Waals surface area contributed by atoms with Gasteiger partial charge in [0.25, 0.3) is 0 Å². The number of amides is 1. The average molecular weight is 293 g/mol. The zero-order valence-electron chi connectivity index (χ0n) is 12.6. The second-order valence-corrected chi connectivity index (χ2v) is 5.78. The summed E-state index contributed by atoms with van der Waals surface area (Å²) in [6.45, 7) is 5.18. The van der Waals surface area contributed by atoms with E-state index in [0.717, 1.165) is 25.6 Å². The Morgan fingerprint density at radius 1 is 1.52 bits per heavy atom. The number of rotatable bonds is 6. The number of hydrogen-bond acceptors (Lipinski definition) is 3. The van der Waals surface area contributed by atoms with Crippen LogP contribution < -0.4 is 11.1 Å². The summed E-state index contributed by atoms with van der Waals surface area (Å²) in [6.07, 6.45) is 4.20. The number of nitrogens with two attached hydrogens (primary N) is 1. The lowest BCUT2D eigenvalue weighted by molar-refractivity contribution is -0.116. The largest absolute Gasteiger partial charge is 0.396 e. The van der Waals surface area contributed by atoms with Crippen LogP contribution in [0.1, 0.15) is 32.6 Å². The molecule has 0 aliphatic carbocycles. The molecule has 1 unspecified atom stereocenters. The van der Waals surface area contributed by atoms with Crippen molar-refractivity contribution in [2.45, 2.75) is 32.6 Å². The van der Waals surface area contributed by atoms with E-state index in [1.54, 1.807) is 0 Å². The van der Waals surface area contributed by atoms with E-state index in [1.807, 2.05) is 0 Å². The van der Waals surface area contributed by atoms with Gasteiger partial charge in [0.2, 0.25) is 5.91 Å². The SMILES string of the molecule is CCCC1CCN(CCC(=O)Nc2ccc(F)c(N)c2)C1. The summed E-state index contributed by atoms with van der Waals surface area (Å²) in [5.41, 5.74) is 6.08. The summed E-state index contributed by atoms with van der Waals surface area (Å²) in [6, 6.07) is 4.23. The number of nitrogens with zero attached hydrogens (tertiary/aromatic N) is 1. The van der Waals surface area contributed by atoms with E-state index >= 15 is 0 Å². The first kappa shape index (κ1) is 15.8. The minimum atomic E-state index is -0.466. The van der Waals surface area contributed by atoms with Crippen LogP contribution in [0.2, 0.25) is 0 Å². The lowest BCUT2D eigenvalue weighted by Gasteiger charge is -2.15. The molecule has 2 rings (SSSR count). The van der Waals surface area contributed by atoms with Crippen LogP contribution in [0.25, 0.3) is 0 Å². The van der Waals surface area contributed by atoms with E-state index in [1.165, 1.54) is 37.5 Å². The van der Waals surface area contributed by atoms with Gasteiger partial charge in [-0.3, -0.25) is 4.79 Å². The first-order chi connectivity index (χ1) is 10.1. The Balaban J connectivity index is 1.74. The van der Waals surface area contributed by atoms with Gasteiger partial charge in [0.05, 0.1) is 5.69 Å². The van der Waals surface area contributed by atoms with Crippen molar-refractivity contribution in [2.75, 3.05) is 30.7 Å². The molecule has 1 heterocycles. The molecular weight excluding hydrogens is 269 g/mol. The highest BCUT2D eigenvalue weighted by molar-refractivity contribution is 5.91. The van der Waals surface area contributed by atoms with Crippen LogP contribution in [0.3, 0.4) is 0 Å². The normalized spacial score (nSPS) is 18.9. The molecule has 0 saturated carbocycles. The lowest BCUT2D eigenvalue weighted by atomic mass is 10.0. The van der Waals surface area contributed by atoms with Crippen LogP contribution in [0.4, 0.5) is 15.8 Å². The van der Waals surface area contributed by atoms with Crippen molar-refractivity contribution >= 4 is 17.3 Å². The molecule has 3 N–H and O–H groups in total. The van der Waals surface area contributed by atoms with Crippen LogP contribution in [-0.4, -0.2) is 30.4 Å². The molecule has 0 spiro atoms. The molecule has 1 fully saturated rings. The predicted octanol–water partition coefficient (Wildman–Crippen LogP) is 2.86. The molecule has 1 aromatic rings. The van der Waals surface area contributed by atoms with Crippen LogP contribution in [0.5, 0.6) is 0 Å². The highest BCUT2D eigenvalue weighted by Gasteiger charge is 2.21. The standard InChI is InChI=1S/C16H24FN3O/c1-2-3-12-6-8-20(11-12)9-7-16(21)19-13-4-5-14(17)15(18)10-13/h4-5,10,12H,2-3,6-9,11,18H2,1H3,(H,19,21). The quantitative estimate of drug-likeness (QED) is 0.793. The van der Waals surface area contributed by atoms with Crippen molar-refractivity contribution in [1.29, 1.82) is 0 Å². The third-order valence-electron chi connectivity index (χ3n) is 4.00. The van der Waals surface area contributed by atoms with E-state index in [-0.39, 0.29) is 11.6 Å². The maximum Gasteiger partial charge on any atom is 0.225 e. The maximum atomic E-state index is 13.0. The Bertz CT molecular complexity index is 492. The molecule has 1 aliphatic heterocycles. The van der Waals surface area contributed by atoms with E-state index < -0.39 is 5.82 Å². The molecule has 4 nitrogen and oxygen atoms in total. The number of carbonyl (C=O) groups excluding carboxylic acids is 1. The number of benzene rings is 1. The number of nitrogens with one attached hydrogen (secondary N) is 1. The highest BCUT2D eigenvalue weighted by Crippen LogP contribution is 2.21. The zero-order chi connectivity index (χ0) is 15.2. The monoisotopic (exact) mass is 293 g/mol. The number of halogens is 1. The molecule has 1 aliphatic rings. The Kier molecular flexibility index (Phi) is 5.56. The fourth-order valence-electron chi connectivity index (χ4n) is 2.86. The summed E-state index contributed by atoms with van der Waals surface area (Å²) in [5, 5.41) is 2.76. The molecule has 5 heteroatoms. The lowest BCUT2D eigenvalue weighted by Crippen LogP contribution is -2.26. The Morgan fingerprint density at radius 2 is 2.33 bits per heavy atom. The molecule has 1 atom stereocenters. The number of carbonyl (C=O) groups is 1. The Morgan fingerprint density at radius 3 is 3.05 bits per heavy atom. The van der Waals surface area contributed by atoms with E-state index in [2.05, 4.69) is 17.1 Å². The average Bonchev–Trinajstić information content (AvgIpc) is 2.89. The second-order valence-electron chi connectivity index (χ2n) is 5.78. The number of nitrogen functional groups attached to an aromatic ring is 1. The molecule has 21 heavy (non-hydrogen) atoms. The highest BCUT2D eigenvalue weighted by atomic mass is 19.1. The van der Waals surface area contributed by atoms with Gasteiger partial charge in [-0.1, -0.05) is 13.3 Å². The molecule has 0 aromatic heterocycles. The van der Waals surface area contributed by atoms with Gasteiger partial charge >= 0.3 is 0 Å². The Hall–Kier alpha value is -1.62. The van der Waals surface area contributed by atoms with Crippen LogP contribution in [-0.2, 0) is 4.79 Å². The molecule has 0 bridgehead atoms. The number of hydrogen-bond donors (Lipinski definition) is 2. The van der Waals surface area contributed by atoms with Gasteiger partial charge in [-0.15, -0.1) is 0 Å². The number of anilines is 2. The first-order valence-electron chi connectivity index (χ1n) is 7.65. The molecule has 1 saturated heterocycles. The molecule has 0 radical (unpaired) electrons. The van der Waals surface area contributed by atoms with Crippen LogP contribution in [0, 0.1) is 11.7 Å². The van der Waals surface area contributed by atoms with Crippen LogP contribution >= 0.6 is 0 Å². The smallest absolute Gasteiger partial charge is 0.225 e. The Labute approximate surface area is 125 Å². The fraction of sp³-hybridized carbons (Fsp3) is 0.562. The topological polar surface area (TPSA) is 58.4 Å². The summed E-state index contributed by atoms with van der Waals surface area (Å²) >= 11 is 0. The van der Waals surface area contributed by atoms with Crippen molar-refractivity contribution in [3.05, 3.63) is 24.0 Å².